The van der Waals surface area contributed by atoms with Gasteiger partial charge in [-0.05, 0) is 34.1 Å². The van der Waals surface area contributed by atoms with Crippen molar-refractivity contribution >= 4 is 27.7 Å². The topological polar surface area (TPSA) is 25.8 Å². The van der Waals surface area contributed by atoms with Gasteiger partial charge in [0.15, 0.2) is 0 Å². The Labute approximate surface area is 116 Å². The first kappa shape index (κ1) is 13.4. The predicted molar refractivity (Wildman–Crippen MR) is 69.6 cm³/mol. The normalized spacial score (nSPS) is 10.7. The van der Waals surface area contributed by atoms with E-state index in [4.69, 9.17) is 0 Å². The fraction of sp³-hybridized carbons (Fsp3) is 0.167. The Morgan fingerprint density at radius 3 is 2.72 bits per heavy atom. The fourth-order valence-electron chi connectivity index (χ4n) is 1.32. The maximum Gasteiger partial charge on any atom is 0.137 e. The molecule has 1 heterocycles. The average Bonchev–Trinajstić information content (AvgIpc) is 2.33. The van der Waals surface area contributed by atoms with Gasteiger partial charge in [0.25, 0.3) is 0 Å². The van der Waals surface area contributed by atoms with Crippen molar-refractivity contribution in [3.05, 3.63) is 46.3 Å². The van der Waals surface area contributed by atoms with Gasteiger partial charge in [0.1, 0.15) is 27.1 Å². The Kier molecular flexibility index (Phi) is 4.29. The Hall–Kier alpha value is -1.01. The second-order valence-corrected chi connectivity index (χ2v) is 5.35. The van der Waals surface area contributed by atoms with Gasteiger partial charge in [-0.25, -0.2) is 18.7 Å². The quantitative estimate of drug-likeness (QED) is 0.787. The predicted octanol–water partition coefficient (Wildman–Crippen LogP) is 4.23. The summed E-state index contributed by atoms with van der Waals surface area (Å²) < 4.78 is 27.2. The third-order valence-electron chi connectivity index (χ3n) is 2.14. The number of benzene rings is 1. The van der Waals surface area contributed by atoms with Crippen LogP contribution >= 0.6 is 27.7 Å². The lowest BCUT2D eigenvalue weighted by Gasteiger charge is -2.05. The molecule has 94 valence electrons. The molecule has 0 amide bonds. The molecule has 2 aromatic rings. The van der Waals surface area contributed by atoms with Crippen LogP contribution in [0, 0.1) is 11.6 Å². The van der Waals surface area contributed by atoms with E-state index in [1.807, 2.05) is 6.92 Å². The highest BCUT2D eigenvalue weighted by Gasteiger charge is 2.09. The molecule has 2 rings (SSSR count). The molecule has 2 nitrogen and oxygen atoms in total. The number of aromatic nitrogens is 2. The molecular weight excluding hydrogens is 322 g/mol. The fourth-order valence-corrected chi connectivity index (χ4v) is 2.78. The van der Waals surface area contributed by atoms with Gasteiger partial charge in [0.05, 0.1) is 4.90 Å². The van der Waals surface area contributed by atoms with E-state index in [1.165, 1.54) is 0 Å². The van der Waals surface area contributed by atoms with Crippen molar-refractivity contribution in [3.63, 3.8) is 0 Å². The zero-order valence-electron chi connectivity index (χ0n) is 9.45. The maximum atomic E-state index is 13.5. The van der Waals surface area contributed by atoms with E-state index >= 15 is 0 Å². The van der Waals surface area contributed by atoms with Crippen LogP contribution in [-0.4, -0.2) is 9.97 Å². The zero-order chi connectivity index (χ0) is 13.1. The Balaban J connectivity index is 2.33. The number of nitrogens with zero attached hydrogens (tertiary/aromatic N) is 2. The zero-order valence-corrected chi connectivity index (χ0v) is 11.9. The largest absolute Gasteiger partial charge is 0.226 e. The second-order valence-electron chi connectivity index (χ2n) is 3.48. The molecule has 0 aliphatic rings. The Morgan fingerprint density at radius 1 is 1.22 bits per heavy atom. The van der Waals surface area contributed by atoms with Crippen LogP contribution in [0.4, 0.5) is 8.78 Å². The van der Waals surface area contributed by atoms with Gasteiger partial charge in [0, 0.05) is 12.5 Å². The number of halogens is 3. The highest BCUT2D eigenvalue weighted by molar-refractivity contribution is 9.10. The van der Waals surface area contributed by atoms with E-state index in [0.29, 0.717) is 21.9 Å². The smallest absolute Gasteiger partial charge is 0.137 e. The number of hydrogen-bond acceptors (Lipinski definition) is 3. The summed E-state index contributed by atoms with van der Waals surface area (Å²) in [6.45, 7) is 1.93. The summed E-state index contributed by atoms with van der Waals surface area (Å²) in [7, 11) is 0. The summed E-state index contributed by atoms with van der Waals surface area (Å²) in [5.74, 6) is -0.277. The van der Waals surface area contributed by atoms with Crippen molar-refractivity contribution < 1.29 is 8.78 Å². The van der Waals surface area contributed by atoms with Crippen molar-refractivity contribution in [1.82, 2.24) is 9.97 Å². The molecule has 0 N–H and O–H groups in total. The third kappa shape index (κ3) is 3.26. The van der Waals surface area contributed by atoms with Crippen molar-refractivity contribution in [2.45, 2.75) is 23.3 Å². The molecule has 18 heavy (non-hydrogen) atoms. The highest BCUT2D eigenvalue weighted by Crippen LogP contribution is 2.30. The Bertz CT molecular complexity index is 578. The molecule has 0 aliphatic carbocycles. The summed E-state index contributed by atoms with van der Waals surface area (Å²) in [5.41, 5.74) is 0. The van der Waals surface area contributed by atoms with E-state index in [2.05, 4.69) is 25.9 Å². The van der Waals surface area contributed by atoms with E-state index < -0.39 is 11.6 Å². The van der Waals surface area contributed by atoms with Crippen LogP contribution in [0.3, 0.4) is 0 Å². The van der Waals surface area contributed by atoms with E-state index in [9.17, 15) is 8.78 Å². The summed E-state index contributed by atoms with van der Waals surface area (Å²) in [6, 6.07) is 5.02. The molecule has 0 aliphatic heterocycles. The minimum atomic E-state index is -0.470. The molecular formula is C12H9BrF2N2S. The minimum absolute atomic E-state index is 0.211. The molecule has 0 radical (unpaired) electrons. The molecule has 0 fully saturated rings. The maximum absolute atomic E-state index is 13.5. The first-order valence-electron chi connectivity index (χ1n) is 5.25. The first-order chi connectivity index (χ1) is 8.58. The van der Waals surface area contributed by atoms with Crippen molar-refractivity contribution in [3.8, 4) is 0 Å². The molecule has 1 aromatic carbocycles. The van der Waals surface area contributed by atoms with Crippen LogP contribution in [0.2, 0.25) is 0 Å². The summed E-state index contributed by atoms with van der Waals surface area (Å²) in [5, 5.41) is 0.582. The summed E-state index contributed by atoms with van der Waals surface area (Å²) >= 11 is 4.34. The van der Waals surface area contributed by atoms with Gasteiger partial charge < -0.3 is 0 Å². The lowest BCUT2D eigenvalue weighted by Crippen LogP contribution is -1.95. The summed E-state index contributed by atoms with van der Waals surface area (Å²) in [4.78, 5) is 8.62. The minimum Gasteiger partial charge on any atom is -0.226 e. The molecule has 0 unspecified atom stereocenters. The van der Waals surface area contributed by atoms with E-state index in [1.54, 1.807) is 6.07 Å². The third-order valence-corrected chi connectivity index (χ3v) is 3.50. The molecule has 1 aromatic heterocycles. The van der Waals surface area contributed by atoms with Gasteiger partial charge in [-0.3, -0.25) is 0 Å². The lowest BCUT2D eigenvalue weighted by atomic mass is 10.3. The van der Waals surface area contributed by atoms with Gasteiger partial charge in [-0.1, -0.05) is 18.7 Å². The monoisotopic (exact) mass is 330 g/mol. The molecule has 0 saturated heterocycles. The second kappa shape index (κ2) is 5.75. The molecule has 6 heteroatoms. The molecule has 0 atom stereocenters. The SMILES string of the molecule is CCc1nc(Br)cc(Sc2cc(F)ccc2F)n1. The number of aryl methyl sites for hydroxylation is 1. The van der Waals surface area contributed by atoms with Crippen molar-refractivity contribution in [2.24, 2.45) is 0 Å². The van der Waals surface area contributed by atoms with Crippen molar-refractivity contribution in [1.29, 1.82) is 0 Å². The van der Waals surface area contributed by atoms with Crippen LogP contribution in [0.25, 0.3) is 0 Å². The van der Waals surface area contributed by atoms with E-state index in [-0.39, 0.29) is 4.90 Å². The first-order valence-corrected chi connectivity index (χ1v) is 6.86. The lowest BCUT2D eigenvalue weighted by molar-refractivity contribution is 0.577. The number of rotatable bonds is 3. The number of hydrogen-bond donors (Lipinski definition) is 0. The van der Waals surface area contributed by atoms with E-state index in [0.717, 1.165) is 30.0 Å². The summed E-state index contributed by atoms with van der Waals surface area (Å²) in [6.07, 6.45) is 0.679. The molecule has 0 bridgehead atoms. The highest BCUT2D eigenvalue weighted by atomic mass is 79.9. The Morgan fingerprint density at radius 2 is 2.00 bits per heavy atom. The van der Waals surface area contributed by atoms with Gasteiger partial charge in [-0.2, -0.15) is 0 Å². The van der Waals surface area contributed by atoms with Crippen LogP contribution in [-0.2, 0) is 6.42 Å². The molecule has 0 spiro atoms. The van der Waals surface area contributed by atoms with Gasteiger partial charge in [-0.15, -0.1) is 0 Å². The van der Waals surface area contributed by atoms with Gasteiger partial charge >= 0.3 is 0 Å². The van der Waals surface area contributed by atoms with Crippen LogP contribution in [0.1, 0.15) is 12.7 Å². The van der Waals surface area contributed by atoms with Crippen LogP contribution in [0.15, 0.2) is 38.8 Å². The standard InChI is InChI=1S/C12H9BrF2N2S/c1-2-11-16-10(13)6-12(17-11)18-9-5-7(14)3-4-8(9)15/h3-6H,2H2,1H3. The molecule has 0 saturated carbocycles. The van der Waals surface area contributed by atoms with Crippen LogP contribution < -0.4 is 0 Å². The average molecular weight is 331 g/mol. The van der Waals surface area contributed by atoms with Crippen molar-refractivity contribution in [2.75, 3.05) is 0 Å². The van der Waals surface area contributed by atoms with Gasteiger partial charge in [0.2, 0.25) is 0 Å². The van der Waals surface area contributed by atoms with Crippen LogP contribution in [0.5, 0.6) is 0 Å².